The maximum atomic E-state index is 5.46. The lowest BCUT2D eigenvalue weighted by molar-refractivity contribution is -0.322. The number of ether oxygens (including phenoxy) is 1. The van der Waals surface area contributed by atoms with Gasteiger partial charge >= 0.3 is 0 Å². The first-order valence-electron chi connectivity index (χ1n) is 6.46. The van der Waals surface area contributed by atoms with Crippen LogP contribution in [0, 0.1) is 0 Å². The Bertz CT molecular complexity index is 634. The lowest BCUT2D eigenvalue weighted by Gasteiger charge is -2.16. The van der Waals surface area contributed by atoms with Crippen LogP contribution in [0.4, 0.5) is 0 Å². The van der Waals surface area contributed by atoms with E-state index in [0.717, 1.165) is 13.2 Å². The largest absolute Gasteiger partial charge is 0.372 e. The van der Waals surface area contributed by atoms with Crippen LogP contribution in [0.3, 0.4) is 0 Å². The SMILES string of the molecule is c1cc2c(cc1-c1ccc3c(c1)COOC3)COC2. The van der Waals surface area contributed by atoms with Crippen LogP contribution in [0.15, 0.2) is 36.4 Å². The second-order valence-electron chi connectivity index (χ2n) is 4.98. The third-order valence-corrected chi connectivity index (χ3v) is 3.77. The predicted molar refractivity (Wildman–Crippen MR) is 69.9 cm³/mol. The summed E-state index contributed by atoms with van der Waals surface area (Å²) in [6.45, 7) is 2.53. The topological polar surface area (TPSA) is 27.7 Å². The number of hydrogen-bond donors (Lipinski definition) is 0. The Morgan fingerprint density at radius 1 is 0.579 bits per heavy atom. The van der Waals surface area contributed by atoms with Crippen molar-refractivity contribution in [2.45, 2.75) is 26.4 Å². The molecule has 0 aromatic heterocycles. The average Bonchev–Trinajstić information content (AvgIpc) is 2.94. The van der Waals surface area contributed by atoms with Crippen LogP contribution in [0.1, 0.15) is 22.3 Å². The first kappa shape index (κ1) is 11.2. The minimum absolute atomic E-state index is 0.525. The lowest BCUT2D eigenvalue weighted by Crippen LogP contribution is -2.07. The van der Waals surface area contributed by atoms with Gasteiger partial charge in [-0.2, -0.15) is 0 Å². The van der Waals surface area contributed by atoms with Crippen LogP contribution in [-0.2, 0) is 40.9 Å². The molecule has 3 nitrogen and oxygen atoms in total. The zero-order chi connectivity index (χ0) is 12.7. The third kappa shape index (κ3) is 1.96. The zero-order valence-corrected chi connectivity index (χ0v) is 10.5. The van der Waals surface area contributed by atoms with E-state index in [1.54, 1.807) is 0 Å². The summed E-state index contributed by atoms with van der Waals surface area (Å²) in [6.07, 6.45) is 0. The van der Waals surface area contributed by atoms with Crippen LogP contribution < -0.4 is 0 Å². The van der Waals surface area contributed by atoms with E-state index in [-0.39, 0.29) is 0 Å². The fourth-order valence-corrected chi connectivity index (χ4v) is 2.64. The normalized spacial score (nSPS) is 17.1. The van der Waals surface area contributed by atoms with Gasteiger partial charge in [-0.1, -0.05) is 24.3 Å². The molecule has 4 rings (SSSR count). The van der Waals surface area contributed by atoms with Gasteiger partial charge in [0.25, 0.3) is 0 Å². The van der Waals surface area contributed by atoms with E-state index in [1.165, 1.54) is 33.4 Å². The monoisotopic (exact) mass is 254 g/mol. The van der Waals surface area contributed by atoms with Crippen LogP contribution >= 0.6 is 0 Å². The Hall–Kier alpha value is -1.68. The molecule has 96 valence electrons. The molecule has 3 heteroatoms. The molecule has 0 saturated heterocycles. The molecule has 2 aromatic rings. The van der Waals surface area contributed by atoms with Gasteiger partial charge in [0.05, 0.1) is 13.2 Å². The number of hydrogen-bond acceptors (Lipinski definition) is 3. The first-order chi connectivity index (χ1) is 9.40. The summed E-state index contributed by atoms with van der Waals surface area (Å²) < 4.78 is 5.46. The maximum Gasteiger partial charge on any atom is 0.108 e. The van der Waals surface area contributed by atoms with Crippen LogP contribution in [-0.4, -0.2) is 0 Å². The van der Waals surface area contributed by atoms with E-state index in [4.69, 9.17) is 14.5 Å². The van der Waals surface area contributed by atoms with Crippen molar-refractivity contribution >= 4 is 0 Å². The summed E-state index contributed by atoms with van der Waals surface area (Å²) in [5.41, 5.74) is 7.48. The highest BCUT2D eigenvalue weighted by molar-refractivity contribution is 5.66. The molecular weight excluding hydrogens is 240 g/mol. The molecule has 2 heterocycles. The molecule has 0 saturated carbocycles. The van der Waals surface area contributed by atoms with Gasteiger partial charge in [0.2, 0.25) is 0 Å². The highest BCUT2D eigenvalue weighted by Gasteiger charge is 2.14. The van der Waals surface area contributed by atoms with Crippen LogP contribution in [0.5, 0.6) is 0 Å². The second kappa shape index (κ2) is 4.46. The summed E-state index contributed by atoms with van der Waals surface area (Å²) in [5, 5.41) is 0. The highest BCUT2D eigenvalue weighted by Crippen LogP contribution is 2.29. The van der Waals surface area contributed by atoms with Gasteiger partial charge in [-0.3, -0.25) is 0 Å². The molecule has 2 aliphatic rings. The number of benzene rings is 2. The predicted octanol–water partition coefficient (Wildman–Crippen LogP) is 3.35. The minimum atomic E-state index is 0.525. The molecule has 19 heavy (non-hydrogen) atoms. The van der Waals surface area contributed by atoms with Gasteiger partial charge in [-0.05, 0) is 45.5 Å². The average molecular weight is 254 g/mol. The van der Waals surface area contributed by atoms with Gasteiger partial charge in [0.15, 0.2) is 0 Å². The van der Waals surface area contributed by atoms with Gasteiger partial charge in [0, 0.05) is 0 Å². The molecule has 0 fully saturated rings. The third-order valence-electron chi connectivity index (χ3n) is 3.77. The number of rotatable bonds is 1. The standard InChI is InChI=1S/C16H14O3/c1-3-13-7-17-8-15(13)5-11(1)12-2-4-14-9-18-19-10-16(14)6-12/h1-6H,7-10H2. The molecule has 0 aliphatic carbocycles. The summed E-state index contributed by atoms with van der Waals surface area (Å²) in [4.78, 5) is 10.0. The van der Waals surface area contributed by atoms with E-state index in [0.29, 0.717) is 13.2 Å². The van der Waals surface area contributed by atoms with E-state index < -0.39 is 0 Å². The Morgan fingerprint density at radius 3 is 1.84 bits per heavy atom. The lowest BCUT2D eigenvalue weighted by atomic mass is 9.97. The van der Waals surface area contributed by atoms with Crippen molar-refractivity contribution in [3.8, 4) is 11.1 Å². The first-order valence-corrected chi connectivity index (χ1v) is 6.46. The van der Waals surface area contributed by atoms with Crippen molar-refractivity contribution in [1.82, 2.24) is 0 Å². The summed E-state index contributed by atoms with van der Waals surface area (Å²) in [6, 6.07) is 13.0. The quantitative estimate of drug-likeness (QED) is 0.730. The summed E-state index contributed by atoms with van der Waals surface area (Å²) >= 11 is 0. The van der Waals surface area contributed by atoms with E-state index in [9.17, 15) is 0 Å². The fraction of sp³-hybridized carbons (Fsp3) is 0.250. The molecule has 0 bridgehead atoms. The van der Waals surface area contributed by atoms with E-state index >= 15 is 0 Å². The summed E-state index contributed by atoms with van der Waals surface area (Å²) in [7, 11) is 0. The van der Waals surface area contributed by atoms with Crippen molar-refractivity contribution in [3.63, 3.8) is 0 Å². The van der Waals surface area contributed by atoms with Crippen LogP contribution in [0.2, 0.25) is 0 Å². The molecule has 0 amide bonds. The van der Waals surface area contributed by atoms with Crippen molar-refractivity contribution < 1.29 is 14.5 Å². The second-order valence-corrected chi connectivity index (χ2v) is 4.98. The van der Waals surface area contributed by atoms with Crippen molar-refractivity contribution in [2.75, 3.05) is 0 Å². The Morgan fingerprint density at radius 2 is 1.11 bits per heavy atom. The highest BCUT2D eigenvalue weighted by atomic mass is 17.2. The molecule has 0 spiro atoms. The van der Waals surface area contributed by atoms with Gasteiger partial charge in [0.1, 0.15) is 13.2 Å². The molecule has 0 radical (unpaired) electrons. The van der Waals surface area contributed by atoms with Crippen molar-refractivity contribution in [3.05, 3.63) is 58.7 Å². The molecule has 2 aliphatic heterocycles. The number of fused-ring (bicyclic) bond motifs is 2. The van der Waals surface area contributed by atoms with Crippen molar-refractivity contribution in [2.24, 2.45) is 0 Å². The Labute approximate surface area is 111 Å². The maximum absolute atomic E-state index is 5.46. The van der Waals surface area contributed by atoms with E-state index in [2.05, 4.69) is 36.4 Å². The molecule has 0 unspecified atom stereocenters. The zero-order valence-electron chi connectivity index (χ0n) is 10.5. The van der Waals surface area contributed by atoms with E-state index in [1.807, 2.05) is 0 Å². The van der Waals surface area contributed by atoms with Crippen molar-refractivity contribution in [1.29, 1.82) is 0 Å². The molecule has 0 atom stereocenters. The Balaban J connectivity index is 1.76. The van der Waals surface area contributed by atoms with Gasteiger partial charge in [-0.15, -0.1) is 0 Å². The van der Waals surface area contributed by atoms with Gasteiger partial charge in [-0.25, -0.2) is 9.78 Å². The Kier molecular flexibility index (Phi) is 2.62. The van der Waals surface area contributed by atoms with Gasteiger partial charge < -0.3 is 4.74 Å². The molecule has 0 N–H and O–H groups in total. The molecule has 2 aromatic carbocycles. The smallest absolute Gasteiger partial charge is 0.108 e. The van der Waals surface area contributed by atoms with Crippen LogP contribution in [0.25, 0.3) is 11.1 Å². The fourth-order valence-electron chi connectivity index (χ4n) is 2.64. The minimum Gasteiger partial charge on any atom is -0.372 e. The summed E-state index contributed by atoms with van der Waals surface area (Å²) in [5.74, 6) is 0. The molecular formula is C16H14O3.